The molecule has 0 aromatic heterocycles. The van der Waals surface area contributed by atoms with E-state index in [2.05, 4.69) is 13.8 Å². The molecule has 0 atom stereocenters. The topological polar surface area (TPSA) is 44.8 Å². The Morgan fingerprint density at radius 1 is 0.483 bits per heavy atom. The first-order valence-electron chi connectivity index (χ1n) is 12.6. The first-order chi connectivity index (χ1) is 14.3. The van der Waals surface area contributed by atoms with Gasteiger partial charge in [0.1, 0.15) is 0 Å². The molecule has 29 heavy (non-hydrogen) atoms. The first-order valence-corrected chi connectivity index (χ1v) is 12.6. The van der Waals surface area contributed by atoms with Crippen LogP contribution in [0, 0.1) is 0 Å². The van der Waals surface area contributed by atoms with Crippen LogP contribution in [0.15, 0.2) is 0 Å². The molecule has 0 fully saturated rings. The fourth-order valence-corrected chi connectivity index (χ4v) is 3.30. The standard InChI is InChI=1S/C25H50O4/c1-3-5-7-9-10-11-12-13-15-16-20-27-23-24-28-21-18-19-25(26)29-22-17-14-8-6-4-2/h3-24H2,1-2H3. The Hall–Kier alpha value is -0.610. The summed E-state index contributed by atoms with van der Waals surface area (Å²) in [7, 11) is 0. The highest BCUT2D eigenvalue weighted by Crippen LogP contribution is 2.10. The molecule has 0 aliphatic heterocycles. The molecule has 174 valence electrons. The molecule has 0 heterocycles. The van der Waals surface area contributed by atoms with Gasteiger partial charge in [0.05, 0.1) is 19.8 Å². The van der Waals surface area contributed by atoms with Crippen molar-refractivity contribution in [2.24, 2.45) is 0 Å². The number of hydrogen-bond acceptors (Lipinski definition) is 4. The van der Waals surface area contributed by atoms with Crippen LogP contribution in [0.3, 0.4) is 0 Å². The average Bonchev–Trinajstić information content (AvgIpc) is 2.73. The van der Waals surface area contributed by atoms with Crippen LogP contribution in [0.2, 0.25) is 0 Å². The Bertz CT molecular complexity index is 320. The number of unbranched alkanes of at least 4 members (excludes halogenated alkanes) is 13. The van der Waals surface area contributed by atoms with Crippen molar-refractivity contribution < 1.29 is 19.0 Å². The SMILES string of the molecule is CCCCCCCCCCCCOCCOCCCC(=O)OCCCCCCC. The third-order valence-corrected chi connectivity index (χ3v) is 5.19. The molecule has 0 saturated heterocycles. The molecule has 0 unspecified atom stereocenters. The summed E-state index contributed by atoms with van der Waals surface area (Å²) in [5, 5.41) is 0. The Morgan fingerprint density at radius 3 is 1.41 bits per heavy atom. The van der Waals surface area contributed by atoms with Gasteiger partial charge in [0.25, 0.3) is 0 Å². The maximum absolute atomic E-state index is 11.6. The van der Waals surface area contributed by atoms with E-state index in [1.165, 1.54) is 77.0 Å². The second kappa shape index (κ2) is 25.4. The van der Waals surface area contributed by atoms with Crippen LogP contribution in [0.4, 0.5) is 0 Å². The van der Waals surface area contributed by atoms with E-state index >= 15 is 0 Å². The van der Waals surface area contributed by atoms with Crippen LogP contribution in [0.1, 0.15) is 123 Å². The van der Waals surface area contributed by atoms with Gasteiger partial charge in [-0.05, 0) is 19.3 Å². The number of rotatable bonds is 24. The molecular formula is C25H50O4. The third kappa shape index (κ3) is 25.4. The highest BCUT2D eigenvalue weighted by molar-refractivity contribution is 5.69. The molecular weight excluding hydrogens is 364 g/mol. The van der Waals surface area contributed by atoms with E-state index in [-0.39, 0.29) is 5.97 Å². The lowest BCUT2D eigenvalue weighted by Gasteiger charge is -2.07. The van der Waals surface area contributed by atoms with Gasteiger partial charge >= 0.3 is 5.97 Å². The number of hydrogen-bond donors (Lipinski definition) is 0. The van der Waals surface area contributed by atoms with E-state index in [9.17, 15) is 4.79 Å². The third-order valence-electron chi connectivity index (χ3n) is 5.19. The molecule has 0 aliphatic rings. The molecule has 0 aliphatic carbocycles. The highest BCUT2D eigenvalue weighted by Gasteiger charge is 2.02. The Labute approximate surface area is 181 Å². The van der Waals surface area contributed by atoms with Gasteiger partial charge in [0, 0.05) is 19.6 Å². The molecule has 4 nitrogen and oxygen atoms in total. The monoisotopic (exact) mass is 414 g/mol. The van der Waals surface area contributed by atoms with Gasteiger partial charge in [-0.15, -0.1) is 0 Å². The maximum atomic E-state index is 11.6. The van der Waals surface area contributed by atoms with Crippen molar-refractivity contribution in [2.45, 2.75) is 123 Å². The quantitative estimate of drug-likeness (QED) is 0.123. The van der Waals surface area contributed by atoms with Gasteiger partial charge in [0.2, 0.25) is 0 Å². The lowest BCUT2D eigenvalue weighted by Crippen LogP contribution is -2.09. The molecule has 4 heteroatoms. The van der Waals surface area contributed by atoms with E-state index in [0.717, 1.165) is 32.3 Å². The Balaban J connectivity index is 3.10. The largest absolute Gasteiger partial charge is 0.466 e. The molecule has 0 aromatic carbocycles. The van der Waals surface area contributed by atoms with Crippen LogP contribution >= 0.6 is 0 Å². The zero-order chi connectivity index (χ0) is 21.3. The van der Waals surface area contributed by atoms with Crippen molar-refractivity contribution in [3.63, 3.8) is 0 Å². The molecule has 0 radical (unpaired) electrons. The van der Waals surface area contributed by atoms with Gasteiger partial charge < -0.3 is 14.2 Å². The smallest absolute Gasteiger partial charge is 0.305 e. The van der Waals surface area contributed by atoms with Crippen molar-refractivity contribution >= 4 is 5.97 Å². The van der Waals surface area contributed by atoms with Crippen molar-refractivity contribution in [2.75, 3.05) is 33.0 Å². The summed E-state index contributed by atoms with van der Waals surface area (Å²) in [6, 6.07) is 0. The predicted octanol–water partition coefficient (Wildman–Crippen LogP) is 7.23. The van der Waals surface area contributed by atoms with Gasteiger partial charge in [0.15, 0.2) is 0 Å². The van der Waals surface area contributed by atoms with Crippen LogP contribution < -0.4 is 0 Å². The van der Waals surface area contributed by atoms with Gasteiger partial charge in [-0.25, -0.2) is 0 Å². The zero-order valence-corrected chi connectivity index (χ0v) is 19.7. The van der Waals surface area contributed by atoms with Crippen molar-refractivity contribution in [3.05, 3.63) is 0 Å². The summed E-state index contributed by atoms with van der Waals surface area (Å²) in [4.78, 5) is 11.6. The van der Waals surface area contributed by atoms with Crippen molar-refractivity contribution in [3.8, 4) is 0 Å². The Morgan fingerprint density at radius 2 is 0.897 bits per heavy atom. The number of carbonyl (C=O) groups excluding carboxylic acids is 1. The fraction of sp³-hybridized carbons (Fsp3) is 0.960. The zero-order valence-electron chi connectivity index (χ0n) is 19.7. The molecule has 0 amide bonds. The van der Waals surface area contributed by atoms with Crippen LogP contribution in [0.25, 0.3) is 0 Å². The van der Waals surface area contributed by atoms with E-state index in [4.69, 9.17) is 14.2 Å². The van der Waals surface area contributed by atoms with E-state index in [0.29, 0.717) is 32.8 Å². The van der Waals surface area contributed by atoms with Gasteiger partial charge in [-0.2, -0.15) is 0 Å². The summed E-state index contributed by atoms with van der Waals surface area (Å²) in [6.45, 7) is 7.75. The molecule has 0 rings (SSSR count). The highest BCUT2D eigenvalue weighted by atomic mass is 16.5. The summed E-state index contributed by atoms with van der Waals surface area (Å²) < 4.78 is 16.4. The van der Waals surface area contributed by atoms with Crippen LogP contribution in [-0.2, 0) is 19.0 Å². The minimum atomic E-state index is -0.0960. The molecule has 0 aromatic rings. The van der Waals surface area contributed by atoms with Crippen molar-refractivity contribution in [1.82, 2.24) is 0 Å². The number of esters is 1. The number of carbonyl (C=O) groups is 1. The lowest BCUT2D eigenvalue weighted by molar-refractivity contribution is -0.144. The molecule has 0 spiro atoms. The van der Waals surface area contributed by atoms with Crippen LogP contribution in [0.5, 0.6) is 0 Å². The van der Waals surface area contributed by atoms with E-state index in [1.54, 1.807) is 0 Å². The van der Waals surface area contributed by atoms with E-state index in [1.807, 2.05) is 0 Å². The maximum Gasteiger partial charge on any atom is 0.305 e. The second-order valence-electron chi connectivity index (χ2n) is 8.14. The van der Waals surface area contributed by atoms with Crippen molar-refractivity contribution in [1.29, 1.82) is 0 Å². The average molecular weight is 415 g/mol. The minimum absolute atomic E-state index is 0.0960. The van der Waals surface area contributed by atoms with Gasteiger partial charge in [-0.1, -0.05) is 97.3 Å². The lowest BCUT2D eigenvalue weighted by atomic mass is 10.1. The molecule has 0 N–H and O–H groups in total. The predicted molar refractivity (Wildman–Crippen MR) is 122 cm³/mol. The van der Waals surface area contributed by atoms with Crippen LogP contribution in [-0.4, -0.2) is 39.0 Å². The summed E-state index contributed by atoms with van der Waals surface area (Å²) >= 11 is 0. The first kappa shape index (κ1) is 28.4. The fourth-order valence-electron chi connectivity index (χ4n) is 3.30. The minimum Gasteiger partial charge on any atom is -0.466 e. The summed E-state index contributed by atoms with van der Waals surface area (Å²) in [5.41, 5.74) is 0. The van der Waals surface area contributed by atoms with Gasteiger partial charge in [-0.3, -0.25) is 4.79 Å². The normalized spacial score (nSPS) is 11.1. The Kier molecular flexibility index (Phi) is 24.9. The number of ether oxygens (including phenoxy) is 3. The summed E-state index contributed by atoms with van der Waals surface area (Å²) in [6.07, 6.45) is 20.6. The second-order valence-corrected chi connectivity index (χ2v) is 8.14. The van der Waals surface area contributed by atoms with E-state index < -0.39 is 0 Å². The summed E-state index contributed by atoms with van der Waals surface area (Å²) in [5.74, 6) is -0.0960. The molecule has 0 bridgehead atoms. The molecule has 0 saturated carbocycles.